The molecule has 266 valence electrons. The number of esters is 2. The van der Waals surface area contributed by atoms with E-state index in [0.717, 1.165) is 51.5 Å². The first-order valence-corrected chi connectivity index (χ1v) is 19.9. The van der Waals surface area contributed by atoms with E-state index in [9.17, 15) is 9.59 Å². The number of hydrogen-bond donors (Lipinski definition) is 0. The fraction of sp³-hybridized carbons (Fsp3) is 0.950. The molecule has 1 rings (SSSR count). The van der Waals surface area contributed by atoms with Crippen molar-refractivity contribution < 1.29 is 19.1 Å². The molecule has 0 aromatic carbocycles. The van der Waals surface area contributed by atoms with Crippen LogP contribution in [0.2, 0.25) is 0 Å². The van der Waals surface area contributed by atoms with Gasteiger partial charge < -0.3 is 14.4 Å². The second-order valence-corrected chi connectivity index (χ2v) is 14.8. The van der Waals surface area contributed by atoms with E-state index >= 15 is 0 Å². The van der Waals surface area contributed by atoms with Crippen LogP contribution < -0.4 is 0 Å². The number of hydrogen-bond acceptors (Lipinski definition) is 5. The molecule has 5 heteroatoms. The first-order chi connectivity index (χ1) is 21.9. The molecule has 3 unspecified atom stereocenters. The van der Waals surface area contributed by atoms with Crippen molar-refractivity contribution in [3.63, 3.8) is 0 Å². The van der Waals surface area contributed by atoms with Crippen LogP contribution in [-0.2, 0) is 19.1 Å². The van der Waals surface area contributed by atoms with Gasteiger partial charge in [-0.05, 0) is 77.4 Å². The Morgan fingerprint density at radius 1 is 0.644 bits per heavy atom. The SMILES string of the molecule is CCCCCCCCC(CCCCCCCC)CC(CCCCCCCC)OC(=O)CC1CCC(OC(=O)CCCN(C)C)C1. The molecule has 1 aliphatic rings. The molecule has 0 aromatic heterocycles. The van der Waals surface area contributed by atoms with Crippen molar-refractivity contribution >= 4 is 11.9 Å². The number of carbonyl (C=O) groups excluding carboxylic acids is 2. The van der Waals surface area contributed by atoms with Crippen molar-refractivity contribution in [3.8, 4) is 0 Å². The summed E-state index contributed by atoms with van der Waals surface area (Å²) in [5, 5.41) is 0. The number of carbonyl (C=O) groups is 2. The van der Waals surface area contributed by atoms with Gasteiger partial charge in [-0.1, -0.05) is 143 Å². The Hall–Kier alpha value is -1.10. The van der Waals surface area contributed by atoms with Gasteiger partial charge in [-0.3, -0.25) is 9.59 Å². The van der Waals surface area contributed by atoms with E-state index in [1.165, 1.54) is 122 Å². The lowest BCUT2D eigenvalue weighted by atomic mass is 9.88. The third-order valence-electron chi connectivity index (χ3n) is 9.94. The van der Waals surface area contributed by atoms with Crippen LogP contribution >= 0.6 is 0 Å². The molecule has 1 fully saturated rings. The lowest BCUT2D eigenvalue weighted by Gasteiger charge is -2.25. The highest BCUT2D eigenvalue weighted by Crippen LogP contribution is 2.32. The second kappa shape index (κ2) is 29.1. The van der Waals surface area contributed by atoms with E-state index in [0.29, 0.717) is 18.8 Å². The first-order valence-electron chi connectivity index (χ1n) is 19.9. The van der Waals surface area contributed by atoms with Crippen molar-refractivity contribution in [3.05, 3.63) is 0 Å². The monoisotopic (exact) mass is 636 g/mol. The second-order valence-electron chi connectivity index (χ2n) is 14.8. The Bertz CT molecular complexity index is 680. The quantitative estimate of drug-likeness (QED) is 0.0560. The van der Waals surface area contributed by atoms with Gasteiger partial charge in [0.05, 0.1) is 0 Å². The lowest BCUT2D eigenvalue weighted by Crippen LogP contribution is -2.23. The standard InChI is InChI=1S/C40H77NO4/c1-6-9-12-15-18-21-25-35(26-22-19-16-13-10-7-2)32-37(27-23-20-17-14-11-8-3)45-40(43)34-36-29-30-38(33-36)44-39(42)28-24-31-41(4)5/h35-38H,6-34H2,1-5H3. The summed E-state index contributed by atoms with van der Waals surface area (Å²) in [5.41, 5.74) is 0. The molecule has 1 saturated carbocycles. The Labute approximate surface area is 280 Å². The molecule has 0 bridgehead atoms. The van der Waals surface area contributed by atoms with Crippen LogP contribution in [0.5, 0.6) is 0 Å². The van der Waals surface area contributed by atoms with Crippen molar-refractivity contribution in [2.45, 2.75) is 213 Å². The van der Waals surface area contributed by atoms with Crippen molar-refractivity contribution in [2.24, 2.45) is 11.8 Å². The predicted octanol–water partition coefficient (Wildman–Crippen LogP) is 11.6. The van der Waals surface area contributed by atoms with Gasteiger partial charge in [0.25, 0.3) is 0 Å². The van der Waals surface area contributed by atoms with E-state index in [2.05, 4.69) is 25.7 Å². The molecular weight excluding hydrogens is 558 g/mol. The molecule has 45 heavy (non-hydrogen) atoms. The molecular formula is C40H77NO4. The van der Waals surface area contributed by atoms with E-state index in [1.54, 1.807) is 0 Å². The van der Waals surface area contributed by atoms with Crippen LogP contribution in [0.3, 0.4) is 0 Å². The maximum absolute atomic E-state index is 13.3. The summed E-state index contributed by atoms with van der Waals surface area (Å²) < 4.78 is 12.1. The molecule has 0 N–H and O–H groups in total. The third kappa shape index (κ3) is 24.7. The van der Waals surface area contributed by atoms with Crippen LogP contribution in [0.1, 0.15) is 201 Å². The van der Waals surface area contributed by atoms with E-state index in [1.807, 2.05) is 14.1 Å². The maximum Gasteiger partial charge on any atom is 0.306 e. The minimum absolute atomic E-state index is 0.0215. The average molecular weight is 636 g/mol. The summed E-state index contributed by atoms with van der Waals surface area (Å²) in [6, 6.07) is 0. The highest BCUT2D eigenvalue weighted by Gasteiger charge is 2.30. The fourth-order valence-electron chi connectivity index (χ4n) is 7.13. The highest BCUT2D eigenvalue weighted by molar-refractivity contribution is 5.70. The highest BCUT2D eigenvalue weighted by atomic mass is 16.5. The number of unbranched alkanes of at least 4 members (excludes halogenated alkanes) is 15. The van der Waals surface area contributed by atoms with Crippen LogP contribution in [-0.4, -0.2) is 49.7 Å². The lowest BCUT2D eigenvalue weighted by molar-refractivity contribution is -0.151. The van der Waals surface area contributed by atoms with Crippen molar-refractivity contribution in [1.82, 2.24) is 4.90 Å². The molecule has 0 aromatic rings. The normalized spacial score (nSPS) is 17.3. The summed E-state index contributed by atoms with van der Waals surface area (Å²) >= 11 is 0. The summed E-state index contributed by atoms with van der Waals surface area (Å²) in [6.07, 6.45) is 32.8. The number of rotatable bonds is 31. The zero-order valence-electron chi connectivity index (χ0n) is 30.9. The van der Waals surface area contributed by atoms with Gasteiger partial charge >= 0.3 is 11.9 Å². The van der Waals surface area contributed by atoms with Crippen molar-refractivity contribution in [2.75, 3.05) is 20.6 Å². The van der Waals surface area contributed by atoms with Gasteiger partial charge in [0.15, 0.2) is 0 Å². The largest absolute Gasteiger partial charge is 0.462 e. The van der Waals surface area contributed by atoms with Crippen LogP contribution in [0, 0.1) is 11.8 Å². The van der Waals surface area contributed by atoms with Gasteiger partial charge in [-0.25, -0.2) is 0 Å². The average Bonchev–Trinajstić information content (AvgIpc) is 3.43. The minimum Gasteiger partial charge on any atom is -0.462 e. The van der Waals surface area contributed by atoms with Gasteiger partial charge in [-0.15, -0.1) is 0 Å². The molecule has 0 heterocycles. The molecule has 0 saturated heterocycles. The Balaban J connectivity index is 2.65. The Morgan fingerprint density at radius 3 is 1.69 bits per heavy atom. The smallest absolute Gasteiger partial charge is 0.306 e. The summed E-state index contributed by atoms with van der Waals surface area (Å²) in [5.74, 6) is 0.828. The molecule has 3 atom stereocenters. The van der Waals surface area contributed by atoms with Gasteiger partial charge in [0.2, 0.25) is 0 Å². The van der Waals surface area contributed by atoms with E-state index < -0.39 is 0 Å². The van der Waals surface area contributed by atoms with Crippen molar-refractivity contribution in [1.29, 1.82) is 0 Å². The Morgan fingerprint density at radius 2 is 1.16 bits per heavy atom. The summed E-state index contributed by atoms with van der Waals surface area (Å²) in [6.45, 7) is 7.74. The molecule has 0 aliphatic heterocycles. The summed E-state index contributed by atoms with van der Waals surface area (Å²) in [4.78, 5) is 27.7. The van der Waals surface area contributed by atoms with E-state index in [-0.39, 0.29) is 30.1 Å². The van der Waals surface area contributed by atoms with Crippen LogP contribution in [0.25, 0.3) is 0 Å². The van der Waals surface area contributed by atoms with Crippen LogP contribution in [0.15, 0.2) is 0 Å². The molecule has 0 spiro atoms. The molecule has 0 amide bonds. The maximum atomic E-state index is 13.3. The van der Waals surface area contributed by atoms with Gasteiger partial charge in [0.1, 0.15) is 12.2 Å². The third-order valence-corrected chi connectivity index (χ3v) is 9.94. The van der Waals surface area contributed by atoms with Gasteiger partial charge in [0, 0.05) is 12.8 Å². The minimum atomic E-state index is -0.0918. The molecule has 5 nitrogen and oxygen atoms in total. The summed E-state index contributed by atoms with van der Waals surface area (Å²) in [7, 11) is 4.05. The zero-order chi connectivity index (χ0) is 33.0. The fourth-order valence-corrected chi connectivity index (χ4v) is 7.13. The zero-order valence-corrected chi connectivity index (χ0v) is 30.9. The number of ether oxygens (including phenoxy) is 2. The Kier molecular flexibility index (Phi) is 27.1. The molecule has 1 aliphatic carbocycles. The molecule has 0 radical (unpaired) electrons. The predicted molar refractivity (Wildman–Crippen MR) is 192 cm³/mol. The topological polar surface area (TPSA) is 55.8 Å². The first kappa shape index (κ1) is 41.9. The number of nitrogens with zero attached hydrogens (tertiary/aromatic N) is 1. The van der Waals surface area contributed by atoms with Gasteiger partial charge in [-0.2, -0.15) is 0 Å². The van der Waals surface area contributed by atoms with E-state index in [4.69, 9.17) is 9.47 Å². The van der Waals surface area contributed by atoms with Crippen LogP contribution in [0.4, 0.5) is 0 Å².